The van der Waals surface area contributed by atoms with Crippen LogP contribution in [0.25, 0.3) is 0 Å². The summed E-state index contributed by atoms with van der Waals surface area (Å²) in [6, 6.07) is 12.2. The molecule has 2 aromatic carbocycles. The third-order valence-electron chi connectivity index (χ3n) is 4.56. The monoisotopic (exact) mass is 500 g/mol. The predicted molar refractivity (Wildman–Crippen MR) is 132 cm³/mol. The number of hydrogen-bond donors (Lipinski definition) is 1. The van der Waals surface area contributed by atoms with E-state index in [-0.39, 0.29) is 23.6 Å². The van der Waals surface area contributed by atoms with Crippen molar-refractivity contribution in [2.75, 3.05) is 5.75 Å². The topological polar surface area (TPSA) is 49.4 Å². The van der Waals surface area contributed by atoms with Crippen molar-refractivity contribution >= 4 is 58.4 Å². The predicted octanol–water partition coefficient (Wildman–Crippen LogP) is 6.21. The molecule has 0 fully saturated rings. The molecule has 1 atom stereocenters. The Labute approximate surface area is 203 Å². The number of hydrogen-bond acceptors (Lipinski definition) is 3. The van der Waals surface area contributed by atoms with Gasteiger partial charge < -0.3 is 10.2 Å². The summed E-state index contributed by atoms with van der Waals surface area (Å²) in [6.45, 7) is 6.06. The Morgan fingerprint density at radius 3 is 2.23 bits per heavy atom. The van der Waals surface area contributed by atoms with Crippen LogP contribution < -0.4 is 5.32 Å². The largest absolute Gasteiger partial charge is 0.352 e. The number of nitrogens with zero attached hydrogens (tertiary/aromatic N) is 1. The number of amides is 2. The average Bonchev–Trinajstić information content (AvgIpc) is 2.71. The van der Waals surface area contributed by atoms with E-state index in [1.807, 2.05) is 39.0 Å². The minimum absolute atomic E-state index is 0.00179. The SMILES string of the molecule is CC[C@H](C(=O)NC(C)C)N(Cc1ccc(Cl)cc1)C(=O)CSCc1ccc(Cl)c(Cl)c1. The van der Waals surface area contributed by atoms with Crippen LogP contribution in [0, 0.1) is 0 Å². The van der Waals surface area contributed by atoms with Crippen molar-refractivity contribution < 1.29 is 9.59 Å². The molecule has 0 radical (unpaired) electrons. The van der Waals surface area contributed by atoms with E-state index < -0.39 is 6.04 Å². The highest BCUT2D eigenvalue weighted by Crippen LogP contribution is 2.25. The van der Waals surface area contributed by atoms with Crippen LogP contribution in [-0.2, 0) is 21.9 Å². The van der Waals surface area contributed by atoms with Gasteiger partial charge in [0.25, 0.3) is 0 Å². The molecule has 0 heterocycles. The van der Waals surface area contributed by atoms with Crippen LogP contribution in [0.4, 0.5) is 0 Å². The zero-order chi connectivity index (χ0) is 23.0. The summed E-state index contributed by atoms with van der Waals surface area (Å²) in [5.41, 5.74) is 1.91. The normalized spacial score (nSPS) is 12.0. The van der Waals surface area contributed by atoms with Crippen LogP contribution in [0.2, 0.25) is 15.1 Å². The zero-order valence-corrected chi connectivity index (χ0v) is 20.9. The van der Waals surface area contributed by atoms with Gasteiger partial charge in [0.15, 0.2) is 0 Å². The van der Waals surface area contributed by atoms with Gasteiger partial charge >= 0.3 is 0 Å². The molecule has 2 rings (SSSR count). The molecular formula is C23H27Cl3N2O2S. The highest BCUT2D eigenvalue weighted by molar-refractivity contribution is 7.99. The lowest BCUT2D eigenvalue weighted by molar-refractivity contribution is -0.139. The van der Waals surface area contributed by atoms with Gasteiger partial charge in [-0.3, -0.25) is 9.59 Å². The molecule has 31 heavy (non-hydrogen) atoms. The Morgan fingerprint density at radius 2 is 1.65 bits per heavy atom. The van der Waals surface area contributed by atoms with Gasteiger partial charge in [0.2, 0.25) is 11.8 Å². The number of carbonyl (C=O) groups excluding carboxylic acids is 2. The van der Waals surface area contributed by atoms with E-state index in [0.29, 0.717) is 33.8 Å². The summed E-state index contributed by atoms with van der Waals surface area (Å²) in [6.07, 6.45) is 0.523. The van der Waals surface area contributed by atoms with Gasteiger partial charge in [-0.05, 0) is 55.7 Å². The van der Waals surface area contributed by atoms with Crippen molar-refractivity contribution in [3.05, 3.63) is 68.7 Å². The van der Waals surface area contributed by atoms with Crippen molar-refractivity contribution in [3.8, 4) is 0 Å². The van der Waals surface area contributed by atoms with Crippen LogP contribution in [0.5, 0.6) is 0 Å². The molecule has 1 N–H and O–H groups in total. The molecule has 0 saturated heterocycles. The number of rotatable bonds is 10. The fourth-order valence-corrected chi connectivity index (χ4v) is 4.36. The van der Waals surface area contributed by atoms with Gasteiger partial charge in [-0.25, -0.2) is 0 Å². The summed E-state index contributed by atoms with van der Waals surface area (Å²) in [4.78, 5) is 27.6. The molecule has 0 aliphatic rings. The summed E-state index contributed by atoms with van der Waals surface area (Å²) in [5, 5.41) is 4.55. The Kier molecular flexibility index (Phi) is 10.5. The van der Waals surface area contributed by atoms with Crippen LogP contribution in [0.3, 0.4) is 0 Å². The first-order valence-electron chi connectivity index (χ1n) is 10.1. The Morgan fingerprint density at radius 1 is 1.00 bits per heavy atom. The third-order valence-corrected chi connectivity index (χ3v) is 6.54. The van der Waals surface area contributed by atoms with Gasteiger partial charge in [-0.15, -0.1) is 11.8 Å². The molecular weight excluding hydrogens is 475 g/mol. The van der Waals surface area contributed by atoms with E-state index in [2.05, 4.69) is 5.32 Å². The van der Waals surface area contributed by atoms with E-state index in [9.17, 15) is 9.59 Å². The van der Waals surface area contributed by atoms with E-state index in [0.717, 1.165) is 11.1 Å². The lowest BCUT2D eigenvalue weighted by Crippen LogP contribution is -2.50. The zero-order valence-electron chi connectivity index (χ0n) is 17.8. The van der Waals surface area contributed by atoms with Crippen molar-refractivity contribution in [2.45, 2.75) is 51.6 Å². The Balaban J connectivity index is 2.12. The standard InChI is InChI=1S/C23H27Cl3N2O2S/c1-4-21(23(30)27-15(2)3)28(12-16-5-8-18(24)9-6-16)22(29)14-31-13-17-7-10-19(25)20(26)11-17/h5-11,15,21H,4,12-14H2,1-3H3,(H,27,30)/t21-/m1/s1. The first-order chi connectivity index (χ1) is 14.7. The molecule has 0 saturated carbocycles. The maximum atomic E-state index is 13.2. The van der Waals surface area contributed by atoms with Crippen molar-refractivity contribution in [1.29, 1.82) is 0 Å². The van der Waals surface area contributed by atoms with Gasteiger partial charge in [-0.1, -0.05) is 59.9 Å². The number of benzene rings is 2. The van der Waals surface area contributed by atoms with Crippen molar-refractivity contribution in [1.82, 2.24) is 10.2 Å². The molecule has 0 aliphatic carbocycles. The summed E-state index contributed by atoms with van der Waals surface area (Å²) in [5.74, 6) is 0.631. The minimum Gasteiger partial charge on any atom is -0.352 e. The van der Waals surface area contributed by atoms with Gasteiger partial charge in [0, 0.05) is 23.4 Å². The molecule has 2 amide bonds. The molecule has 0 spiro atoms. The number of carbonyl (C=O) groups is 2. The van der Waals surface area contributed by atoms with E-state index >= 15 is 0 Å². The molecule has 0 bridgehead atoms. The smallest absolute Gasteiger partial charge is 0.243 e. The van der Waals surface area contributed by atoms with Crippen LogP contribution >= 0.6 is 46.6 Å². The molecule has 0 aromatic heterocycles. The maximum absolute atomic E-state index is 13.2. The van der Waals surface area contributed by atoms with E-state index in [4.69, 9.17) is 34.8 Å². The molecule has 4 nitrogen and oxygen atoms in total. The van der Waals surface area contributed by atoms with Crippen molar-refractivity contribution in [2.24, 2.45) is 0 Å². The first-order valence-corrected chi connectivity index (χ1v) is 12.4. The lowest BCUT2D eigenvalue weighted by atomic mass is 10.1. The van der Waals surface area contributed by atoms with Gasteiger partial charge in [-0.2, -0.15) is 0 Å². The average molecular weight is 502 g/mol. The van der Waals surface area contributed by atoms with Crippen LogP contribution in [0.1, 0.15) is 38.3 Å². The minimum atomic E-state index is -0.545. The first kappa shape index (κ1) is 25.9. The van der Waals surface area contributed by atoms with Gasteiger partial charge in [0.1, 0.15) is 6.04 Å². The fraction of sp³-hybridized carbons (Fsp3) is 0.391. The fourth-order valence-electron chi connectivity index (χ4n) is 3.06. The number of thioether (sulfide) groups is 1. The second kappa shape index (κ2) is 12.6. The second-order valence-corrected chi connectivity index (χ2v) is 9.71. The molecule has 2 aromatic rings. The number of nitrogens with one attached hydrogen (secondary N) is 1. The molecule has 8 heteroatoms. The highest BCUT2D eigenvalue weighted by Gasteiger charge is 2.28. The lowest BCUT2D eigenvalue weighted by Gasteiger charge is -2.31. The molecule has 168 valence electrons. The second-order valence-electron chi connectivity index (χ2n) is 7.48. The summed E-state index contributed by atoms with van der Waals surface area (Å²) < 4.78 is 0. The highest BCUT2D eigenvalue weighted by atomic mass is 35.5. The Bertz CT molecular complexity index is 891. The van der Waals surface area contributed by atoms with E-state index in [1.54, 1.807) is 29.2 Å². The van der Waals surface area contributed by atoms with Crippen LogP contribution in [0.15, 0.2) is 42.5 Å². The van der Waals surface area contributed by atoms with Crippen molar-refractivity contribution in [3.63, 3.8) is 0 Å². The maximum Gasteiger partial charge on any atom is 0.243 e. The van der Waals surface area contributed by atoms with E-state index in [1.165, 1.54) is 11.8 Å². The number of halogens is 3. The Hall–Kier alpha value is -1.40. The summed E-state index contributed by atoms with van der Waals surface area (Å²) >= 11 is 19.5. The molecule has 0 unspecified atom stereocenters. The third kappa shape index (κ3) is 8.23. The van der Waals surface area contributed by atoms with Gasteiger partial charge in [0.05, 0.1) is 15.8 Å². The molecule has 0 aliphatic heterocycles. The summed E-state index contributed by atoms with van der Waals surface area (Å²) in [7, 11) is 0. The van der Waals surface area contributed by atoms with Crippen LogP contribution in [-0.4, -0.2) is 34.6 Å². The quantitative estimate of drug-likeness (QED) is 0.421.